The Labute approximate surface area is 172 Å². The SMILES string of the molecule is O=C(O)c1ccc(NC(=O)c2cccc(N3C(=O)[C@@H]4[C@H]5CC[C@@H](C5)[C@H]4C3=O)c2)cc1. The molecule has 0 radical (unpaired) electrons. The van der Waals surface area contributed by atoms with Gasteiger partial charge in [0.2, 0.25) is 11.8 Å². The van der Waals surface area contributed by atoms with E-state index in [1.807, 2.05) is 0 Å². The maximum Gasteiger partial charge on any atom is 0.335 e. The Kier molecular flexibility index (Phi) is 4.20. The van der Waals surface area contributed by atoms with Crippen molar-refractivity contribution in [2.75, 3.05) is 10.2 Å². The van der Waals surface area contributed by atoms with Crippen molar-refractivity contribution in [3.8, 4) is 0 Å². The fraction of sp³-hybridized carbons (Fsp3) is 0.304. The van der Waals surface area contributed by atoms with Gasteiger partial charge < -0.3 is 10.4 Å². The zero-order chi connectivity index (χ0) is 21.0. The number of carboxylic acid groups (broad SMARTS) is 1. The minimum absolute atomic E-state index is 0.126. The molecule has 4 atom stereocenters. The zero-order valence-electron chi connectivity index (χ0n) is 16.1. The molecule has 2 N–H and O–H groups in total. The van der Waals surface area contributed by atoms with Gasteiger partial charge in [0.15, 0.2) is 0 Å². The number of hydrogen-bond donors (Lipinski definition) is 2. The molecule has 7 heteroatoms. The van der Waals surface area contributed by atoms with E-state index < -0.39 is 11.9 Å². The molecule has 1 aliphatic heterocycles. The number of carbonyl (C=O) groups is 4. The summed E-state index contributed by atoms with van der Waals surface area (Å²) < 4.78 is 0. The predicted octanol–water partition coefficient (Wildman–Crippen LogP) is 3.17. The van der Waals surface area contributed by atoms with Crippen molar-refractivity contribution >= 4 is 35.1 Å². The molecule has 3 amide bonds. The van der Waals surface area contributed by atoms with Gasteiger partial charge in [-0.2, -0.15) is 0 Å². The number of benzene rings is 2. The molecule has 1 heterocycles. The second-order valence-electron chi connectivity index (χ2n) is 8.28. The molecule has 152 valence electrons. The molecule has 5 rings (SSSR count). The predicted molar refractivity (Wildman–Crippen MR) is 108 cm³/mol. The topological polar surface area (TPSA) is 104 Å². The second kappa shape index (κ2) is 6.79. The number of carboxylic acids is 1. The molecule has 2 saturated carbocycles. The van der Waals surface area contributed by atoms with Gasteiger partial charge in [0, 0.05) is 11.3 Å². The summed E-state index contributed by atoms with van der Waals surface area (Å²) in [5, 5.41) is 11.7. The lowest BCUT2D eigenvalue weighted by Gasteiger charge is -2.19. The Balaban J connectivity index is 1.37. The van der Waals surface area contributed by atoms with Gasteiger partial charge in [-0.25, -0.2) is 4.79 Å². The van der Waals surface area contributed by atoms with Crippen LogP contribution in [0.15, 0.2) is 48.5 Å². The lowest BCUT2D eigenvalue weighted by Crippen LogP contribution is -2.33. The number of amides is 3. The maximum absolute atomic E-state index is 13.0. The third-order valence-corrected chi connectivity index (χ3v) is 6.68. The first-order valence-corrected chi connectivity index (χ1v) is 10.1. The highest BCUT2D eigenvalue weighted by Crippen LogP contribution is 2.56. The monoisotopic (exact) mass is 404 g/mol. The van der Waals surface area contributed by atoms with Gasteiger partial charge in [-0.15, -0.1) is 0 Å². The summed E-state index contributed by atoms with van der Waals surface area (Å²) in [6, 6.07) is 12.3. The number of anilines is 2. The Morgan fingerprint density at radius 2 is 1.53 bits per heavy atom. The van der Waals surface area contributed by atoms with Crippen molar-refractivity contribution in [2.45, 2.75) is 19.3 Å². The molecule has 2 aromatic carbocycles. The van der Waals surface area contributed by atoms with E-state index >= 15 is 0 Å². The minimum atomic E-state index is -1.04. The number of aromatic carboxylic acids is 1. The molecule has 7 nitrogen and oxygen atoms in total. The van der Waals surface area contributed by atoms with Crippen LogP contribution in [-0.2, 0) is 9.59 Å². The van der Waals surface area contributed by atoms with Gasteiger partial charge in [-0.1, -0.05) is 6.07 Å². The molecule has 3 aliphatic rings. The van der Waals surface area contributed by atoms with Crippen molar-refractivity contribution in [1.29, 1.82) is 0 Å². The molecule has 2 aromatic rings. The lowest BCUT2D eigenvalue weighted by atomic mass is 9.81. The number of carbonyl (C=O) groups excluding carboxylic acids is 3. The highest BCUT2D eigenvalue weighted by molar-refractivity contribution is 6.23. The van der Waals surface area contributed by atoms with Crippen LogP contribution in [0, 0.1) is 23.7 Å². The van der Waals surface area contributed by atoms with E-state index in [2.05, 4.69) is 5.32 Å². The molecular formula is C23H20N2O5. The van der Waals surface area contributed by atoms with Crippen LogP contribution in [0.25, 0.3) is 0 Å². The standard InChI is InChI=1S/C23H20N2O5/c26-20(24-16-8-6-12(7-9-16)23(29)30)15-2-1-3-17(11-15)25-21(27)18-13-4-5-14(10-13)19(18)22(25)28/h1-3,6-9,11,13-14,18-19H,4-5,10H2,(H,24,26)(H,29,30)/t13-,14-,18+,19+/m0/s1. The summed E-state index contributed by atoms with van der Waals surface area (Å²) in [7, 11) is 0. The van der Waals surface area contributed by atoms with Gasteiger partial charge in [0.1, 0.15) is 0 Å². The quantitative estimate of drug-likeness (QED) is 0.762. The van der Waals surface area contributed by atoms with Gasteiger partial charge in [-0.3, -0.25) is 19.3 Å². The van der Waals surface area contributed by atoms with Gasteiger partial charge in [0.05, 0.1) is 23.1 Å². The molecule has 0 spiro atoms. The van der Waals surface area contributed by atoms with Crippen molar-refractivity contribution in [1.82, 2.24) is 0 Å². The summed E-state index contributed by atoms with van der Waals surface area (Å²) in [5.41, 5.74) is 1.32. The number of nitrogens with zero attached hydrogens (tertiary/aromatic N) is 1. The Hall–Kier alpha value is -3.48. The van der Waals surface area contributed by atoms with E-state index in [-0.39, 0.29) is 29.2 Å². The number of fused-ring (bicyclic) bond motifs is 5. The molecule has 30 heavy (non-hydrogen) atoms. The Morgan fingerprint density at radius 3 is 2.13 bits per heavy atom. The van der Waals surface area contributed by atoms with Crippen LogP contribution >= 0.6 is 0 Å². The molecule has 2 aliphatic carbocycles. The van der Waals surface area contributed by atoms with Crippen molar-refractivity contribution < 1.29 is 24.3 Å². The van der Waals surface area contributed by atoms with E-state index in [1.54, 1.807) is 24.3 Å². The fourth-order valence-corrected chi connectivity index (χ4v) is 5.35. The van der Waals surface area contributed by atoms with Crippen molar-refractivity contribution in [2.24, 2.45) is 23.7 Å². The van der Waals surface area contributed by atoms with Crippen LogP contribution in [0.3, 0.4) is 0 Å². The number of hydrogen-bond acceptors (Lipinski definition) is 4. The molecular weight excluding hydrogens is 384 g/mol. The lowest BCUT2D eigenvalue weighted by molar-refractivity contribution is -0.123. The molecule has 1 saturated heterocycles. The van der Waals surface area contributed by atoms with Crippen LogP contribution in [0.1, 0.15) is 40.0 Å². The van der Waals surface area contributed by atoms with E-state index in [0.29, 0.717) is 28.8 Å². The normalized spacial score (nSPS) is 26.7. The van der Waals surface area contributed by atoms with Gasteiger partial charge in [0.25, 0.3) is 5.91 Å². The smallest absolute Gasteiger partial charge is 0.335 e. The van der Waals surface area contributed by atoms with E-state index in [9.17, 15) is 19.2 Å². The molecule has 0 aromatic heterocycles. The van der Waals surface area contributed by atoms with E-state index in [4.69, 9.17) is 5.11 Å². The van der Waals surface area contributed by atoms with Crippen LogP contribution in [0.2, 0.25) is 0 Å². The van der Waals surface area contributed by atoms with Gasteiger partial charge >= 0.3 is 5.97 Å². The Bertz CT molecular complexity index is 1050. The number of rotatable bonds is 4. The maximum atomic E-state index is 13.0. The first-order valence-electron chi connectivity index (χ1n) is 10.1. The van der Waals surface area contributed by atoms with E-state index in [0.717, 1.165) is 19.3 Å². The summed E-state index contributed by atoms with van der Waals surface area (Å²) in [6.45, 7) is 0. The molecule has 2 bridgehead atoms. The Morgan fingerprint density at radius 1 is 0.900 bits per heavy atom. The summed E-state index contributed by atoms with van der Waals surface area (Å²) in [6.07, 6.45) is 3.01. The second-order valence-corrected chi connectivity index (χ2v) is 8.28. The average molecular weight is 404 g/mol. The number of nitrogens with one attached hydrogen (secondary N) is 1. The van der Waals surface area contributed by atoms with E-state index in [1.165, 1.54) is 29.2 Å². The highest BCUT2D eigenvalue weighted by Gasteiger charge is 2.61. The van der Waals surface area contributed by atoms with Crippen molar-refractivity contribution in [3.63, 3.8) is 0 Å². The summed E-state index contributed by atoms with van der Waals surface area (Å²) in [5.74, 6) is -1.53. The first-order chi connectivity index (χ1) is 14.4. The highest BCUT2D eigenvalue weighted by atomic mass is 16.4. The van der Waals surface area contributed by atoms with Crippen molar-refractivity contribution in [3.05, 3.63) is 59.7 Å². The van der Waals surface area contributed by atoms with Gasteiger partial charge in [-0.05, 0) is 73.6 Å². The third kappa shape index (κ3) is 2.81. The fourth-order valence-electron chi connectivity index (χ4n) is 5.35. The molecule has 3 fully saturated rings. The zero-order valence-corrected chi connectivity index (χ0v) is 16.1. The number of imide groups is 1. The minimum Gasteiger partial charge on any atom is -0.478 e. The van der Waals surface area contributed by atoms with Crippen LogP contribution in [0.5, 0.6) is 0 Å². The molecule has 0 unspecified atom stereocenters. The summed E-state index contributed by atoms with van der Waals surface area (Å²) >= 11 is 0. The summed E-state index contributed by atoms with van der Waals surface area (Å²) in [4.78, 5) is 50.9. The van der Waals surface area contributed by atoms with Crippen LogP contribution in [-0.4, -0.2) is 28.8 Å². The first kappa shape index (κ1) is 18.5. The largest absolute Gasteiger partial charge is 0.478 e. The third-order valence-electron chi connectivity index (χ3n) is 6.68. The van der Waals surface area contributed by atoms with Crippen LogP contribution < -0.4 is 10.2 Å². The van der Waals surface area contributed by atoms with Crippen LogP contribution in [0.4, 0.5) is 11.4 Å². The average Bonchev–Trinajstić information content (AvgIpc) is 3.42.